The SMILES string of the molecule is COCC1CCN(Cc2ccc(C#N)c(OC)c2)CC1. The molecule has 1 saturated heterocycles. The van der Waals surface area contributed by atoms with Crippen LogP contribution in [0.15, 0.2) is 18.2 Å². The lowest BCUT2D eigenvalue weighted by molar-refractivity contribution is 0.0968. The maximum atomic E-state index is 8.99. The molecule has 1 aliphatic heterocycles. The summed E-state index contributed by atoms with van der Waals surface area (Å²) in [4.78, 5) is 2.45. The number of hydrogen-bond acceptors (Lipinski definition) is 4. The lowest BCUT2D eigenvalue weighted by Gasteiger charge is -2.31. The fourth-order valence-electron chi connectivity index (χ4n) is 2.73. The molecule has 1 heterocycles. The van der Waals surface area contributed by atoms with Gasteiger partial charge in [-0.05, 0) is 49.5 Å². The molecule has 0 spiro atoms. The van der Waals surface area contributed by atoms with Crippen molar-refractivity contribution in [1.82, 2.24) is 4.90 Å². The number of nitrogens with zero attached hydrogens (tertiary/aromatic N) is 2. The number of nitriles is 1. The number of methoxy groups -OCH3 is 2. The van der Waals surface area contributed by atoms with Gasteiger partial charge in [0.2, 0.25) is 0 Å². The van der Waals surface area contributed by atoms with Crippen molar-refractivity contribution in [1.29, 1.82) is 5.26 Å². The van der Waals surface area contributed by atoms with E-state index in [9.17, 15) is 0 Å². The predicted octanol–water partition coefficient (Wildman–Crippen LogP) is 2.43. The minimum absolute atomic E-state index is 0.593. The summed E-state index contributed by atoms with van der Waals surface area (Å²) in [6.45, 7) is 4.01. The Morgan fingerprint density at radius 3 is 2.65 bits per heavy atom. The number of ether oxygens (including phenoxy) is 2. The van der Waals surface area contributed by atoms with Gasteiger partial charge in [0.05, 0.1) is 12.7 Å². The first-order valence-electron chi connectivity index (χ1n) is 7.05. The molecule has 2 rings (SSSR count). The lowest BCUT2D eigenvalue weighted by atomic mass is 9.97. The van der Waals surface area contributed by atoms with Gasteiger partial charge in [0.1, 0.15) is 11.8 Å². The molecule has 4 heteroatoms. The van der Waals surface area contributed by atoms with Crippen LogP contribution in [0.1, 0.15) is 24.0 Å². The summed E-state index contributed by atoms with van der Waals surface area (Å²) in [6.07, 6.45) is 2.39. The summed E-state index contributed by atoms with van der Waals surface area (Å²) in [6, 6.07) is 7.97. The summed E-state index contributed by atoms with van der Waals surface area (Å²) >= 11 is 0. The average Bonchev–Trinajstić information content (AvgIpc) is 2.49. The third-order valence-corrected chi connectivity index (χ3v) is 3.90. The van der Waals surface area contributed by atoms with Crippen LogP contribution in [0.5, 0.6) is 5.75 Å². The molecule has 0 amide bonds. The average molecular weight is 274 g/mol. The Balaban J connectivity index is 1.93. The second-order valence-electron chi connectivity index (χ2n) is 5.32. The molecule has 0 N–H and O–H groups in total. The zero-order chi connectivity index (χ0) is 14.4. The van der Waals surface area contributed by atoms with E-state index < -0.39 is 0 Å². The number of hydrogen-bond donors (Lipinski definition) is 0. The molecule has 108 valence electrons. The molecule has 1 fully saturated rings. The van der Waals surface area contributed by atoms with Crippen LogP contribution in [-0.2, 0) is 11.3 Å². The maximum Gasteiger partial charge on any atom is 0.136 e. The largest absolute Gasteiger partial charge is 0.495 e. The van der Waals surface area contributed by atoms with E-state index in [1.807, 2.05) is 18.2 Å². The summed E-state index contributed by atoms with van der Waals surface area (Å²) in [5, 5.41) is 8.99. The van der Waals surface area contributed by atoms with Crippen molar-refractivity contribution >= 4 is 0 Å². The van der Waals surface area contributed by atoms with E-state index in [1.165, 1.54) is 18.4 Å². The highest BCUT2D eigenvalue weighted by molar-refractivity contribution is 5.45. The van der Waals surface area contributed by atoms with Crippen LogP contribution in [0.4, 0.5) is 0 Å². The fourth-order valence-corrected chi connectivity index (χ4v) is 2.73. The van der Waals surface area contributed by atoms with E-state index in [-0.39, 0.29) is 0 Å². The number of likely N-dealkylation sites (tertiary alicyclic amines) is 1. The highest BCUT2D eigenvalue weighted by atomic mass is 16.5. The van der Waals surface area contributed by atoms with Crippen LogP contribution in [0, 0.1) is 17.2 Å². The Kier molecular flexibility index (Phi) is 5.40. The Labute approximate surface area is 120 Å². The molecule has 0 radical (unpaired) electrons. The Morgan fingerprint density at radius 2 is 2.05 bits per heavy atom. The van der Waals surface area contributed by atoms with Crippen molar-refractivity contribution in [2.45, 2.75) is 19.4 Å². The van der Waals surface area contributed by atoms with Crippen LogP contribution in [0.3, 0.4) is 0 Å². The zero-order valence-electron chi connectivity index (χ0n) is 12.3. The van der Waals surface area contributed by atoms with E-state index in [4.69, 9.17) is 14.7 Å². The Hall–Kier alpha value is -1.57. The monoisotopic (exact) mass is 274 g/mol. The van der Waals surface area contributed by atoms with Crippen LogP contribution < -0.4 is 4.74 Å². The lowest BCUT2D eigenvalue weighted by Crippen LogP contribution is -2.34. The molecule has 0 aliphatic carbocycles. The smallest absolute Gasteiger partial charge is 0.136 e. The minimum Gasteiger partial charge on any atom is -0.495 e. The van der Waals surface area contributed by atoms with Crippen molar-refractivity contribution in [2.75, 3.05) is 33.9 Å². The van der Waals surface area contributed by atoms with Crippen LogP contribution >= 0.6 is 0 Å². The Bertz CT molecular complexity index is 474. The quantitative estimate of drug-likeness (QED) is 0.827. The second kappa shape index (κ2) is 7.28. The molecular weight excluding hydrogens is 252 g/mol. The summed E-state index contributed by atoms with van der Waals surface area (Å²) < 4.78 is 10.5. The number of piperidine rings is 1. The van der Waals surface area contributed by atoms with Crippen molar-refractivity contribution in [3.63, 3.8) is 0 Å². The highest BCUT2D eigenvalue weighted by Gasteiger charge is 2.19. The third kappa shape index (κ3) is 3.72. The predicted molar refractivity (Wildman–Crippen MR) is 77.6 cm³/mol. The van der Waals surface area contributed by atoms with Gasteiger partial charge in [-0.25, -0.2) is 0 Å². The molecule has 1 aromatic rings. The van der Waals surface area contributed by atoms with Gasteiger partial charge in [0.25, 0.3) is 0 Å². The number of rotatable bonds is 5. The maximum absolute atomic E-state index is 8.99. The van der Waals surface area contributed by atoms with E-state index in [0.29, 0.717) is 17.2 Å². The van der Waals surface area contributed by atoms with Gasteiger partial charge in [-0.15, -0.1) is 0 Å². The molecule has 1 aliphatic rings. The first-order chi connectivity index (χ1) is 9.76. The molecule has 0 atom stereocenters. The summed E-state index contributed by atoms with van der Waals surface area (Å²) in [5.41, 5.74) is 1.79. The number of benzene rings is 1. The standard InChI is InChI=1S/C16H22N2O2/c1-19-12-13-5-7-18(8-6-13)11-14-3-4-15(10-17)16(9-14)20-2/h3-4,9,13H,5-8,11-12H2,1-2H3. The molecule has 0 unspecified atom stereocenters. The molecule has 0 saturated carbocycles. The fraction of sp³-hybridized carbons (Fsp3) is 0.562. The van der Waals surface area contributed by atoms with Gasteiger partial charge in [0, 0.05) is 20.3 Å². The van der Waals surface area contributed by atoms with Crippen LogP contribution in [-0.4, -0.2) is 38.8 Å². The minimum atomic E-state index is 0.593. The summed E-state index contributed by atoms with van der Waals surface area (Å²) in [7, 11) is 3.38. The van der Waals surface area contributed by atoms with Crippen molar-refractivity contribution in [3.8, 4) is 11.8 Å². The van der Waals surface area contributed by atoms with Crippen LogP contribution in [0.2, 0.25) is 0 Å². The first-order valence-corrected chi connectivity index (χ1v) is 7.05. The van der Waals surface area contributed by atoms with Crippen LogP contribution in [0.25, 0.3) is 0 Å². The topological polar surface area (TPSA) is 45.5 Å². The van der Waals surface area contributed by atoms with E-state index in [1.54, 1.807) is 14.2 Å². The van der Waals surface area contributed by atoms with Crippen molar-refractivity contribution in [2.24, 2.45) is 5.92 Å². The highest BCUT2D eigenvalue weighted by Crippen LogP contribution is 2.23. The normalized spacial score (nSPS) is 16.9. The van der Waals surface area contributed by atoms with Gasteiger partial charge in [-0.1, -0.05) is 6.07 Å². The third-order valence-electron chi connectivity index (χ3n) is 3.90. The zero-order valence-corrected chi connectivity index (χ0v) is 12.3. The molecular formula is C16H22N2O2. The van der Waals surface area contributed by atoms with Crippen molar-refractivity contribution in [3.05, 3.63) is 29.3 Å². The van der Waals surface area contributed by atoms with Gasteiger partial charge in [0.15, 0.2) is 0 Å². The van der Waals surface area contributed by atoms with E-state index in [2.05, 4.69) is 11.0 Å². The Morgan fingerprint density at radius 1 is 1.30 bits per heavy atom. The van der Waals surface area contributed by atoms with E-state index in [0.717, 1.165) is 26.2 Å². The second-order valence-corrected chi connectivity index (χ2v) is 5.32. The van der Waals surface area contributed by atoms with Gasteiger partial charge in [-0.3, -0.25) is 4.90 Å². The first kappa shape index (κ1) is 14.8. The molecule has 4 nitrogen and oxygen atoms in total. The molecule has 0 aromatic heterocycles. The van der Waals surface area contributed by atoms with E-state index >= 15 is 0 Å². The van der Waals surface area contributed by atoms with Gasteiger partial charge >= 0.3 is 0 Å². The van der Waals surface area contributed by atoms with Gasteiger partial charge < -0.3 is 9.47 Å². The molecule has 20 heavy (non-hydrogen) atoms. The molecule has 0 bridgehead atoms. The van der Waals surface area contributed by atoms with Gasteiger partial charge in [-0.2, -0.15) is 5.26 Å². The van der Waals surface area contributed by atoms with Crippen molar-refractivity contribution < 1.29 is 9.47 Å². The molecule has 1 aromatic carbocycles. The summed E-state index contributed by atoms with van der Waals surface area (Å²) in [5.74, 6) is 1.37.